The summed E-state index contributed by atoms with van der Waals surface area (Å²) in [6.45, 7) is 3.30. The monoisotopic (exact) mass is 170 g/mol. The van der Waals surface area contributed by atoms with Gasteiger partial charge in [0.15, 0.2) is 0 Å². The third kappa shape index (κ3) is 3.11. The lowest BCUT2D eigenvalue weighted by Crippen LogP contribution is -2.42. The van der Waals surface area contributed by atoms with Crippen LogP contribution in [-0.4, -0.2) is 17.6 Å². The van der Waals surface area contributed by atoms with E-state index < -0.39 is 0 Å². The molecule has 1 rings (SSSR count). The van der Waals surface area contributed by atoms with Gasteiger partial charge in [0, 0.05) is 12.6 Å². The van der Waals surface area contributed by atoms with Crippen LogP contribution < -0.4 is 5.84 Å². The smallest absolute Gasteiger partial charge is 0.0241 e. The molecule has 72 valence electrons. The second-order valence-corrected chi connectivity index (χ2v) is 3.88. The lowest BCUT2D eigenvalue weighted by molar-refractivity contribution is 0.156. The van der Waals surface area contributed by atoms with Crippen molar-refractivity contribution in [3.8, 4) is 0 Å². The van der Waals surface area contributed by atoms with Crippen LogP contribution in [0.1, 0.15) is 51.9 Å². The molecule has 0 spiro atoms. The molecule has 0 radical (unpaired) electrons. The minimum atomic E-state index is 0.685. The fourth-order valence-electron chi connectivity index (χ4n) is 1.94. The van der Waals surface area contributed by atoms with Gasteiger partial charge in [0.2, 0.25) is 0 Å². The summed E-state index contributed by atoms with van der Waals surface area (Å²) in [5, 5.41) is 2.07. The van der Waals surface area contributed by atoms with Gasteiger partial charge in [-0.05, 0) is 19.3 Å². The summed E-state index contributed by atoms with van der Waals surface area (Å²) in [6.07, 6.45) is 9.31. The molecule has 2 nitrogen and oxygen atoms in total. The maximum Gasteiger partial charge on any atom is 0.0241 e. The van der Waals surface area contributed by atoms with Crippen molar-refractivity contribution in [3.05, 3.63) is 0 Å². The van der Waals surface area contributed by atoms with Gasteiger partial charge in [0.1, 0.15) is 0 Å². The molecule has 0 atom stereocenters. The highest BCUT2D eigenvalue weighted by atomic mass is 15.4. The first-order valence-electron chi connectivity index (χ1n) is 5.36. The largest absolute Gasteiger partial charge is 0.269 e. The summed E-state index contributed by atoms with van der Waals surface area (Å²) in [5.74, 6) is 5.97. The summed E-state index contributed by atoms with van der Waals surface area (Å²) in [6, 6.07) is 0.685. The Hall–Kier alpha value is -0.0800. The Morgan fingerprint density at radius 2 is 1.92 bits per heavy atom. The van der Waals surface area contributed by atoms with Crippen LogP contribution in [0.25, 0.3) is 0 Å². The molecule has 0 amide bonds. The average molecular weight is 170 g/mol. The van der Waals surface area contributed by atoms with Crippen molar-refractivity contribution in [2.75, 3.05) is 6.54 Å². The van der Waals surface area contributed by atoms with E-state index >= 15 is 0 Å². The first kappa shape index (κ1) is 10.0. The minimum Gasteiger partial charge on any atom is -0.269 e. The maximum atomic E-state index is 5.97. The summed E-state index contributed by atoms with van der Waals surface area (Å²) in [5.41, 5.74) is 0. The molecule has 0 saturated heterocycles. The molecular weight excluding hydrogens is 148 g/mol. The molecule has 1 fully saturated rings. The van der Waals surface area contributed by atoms with Crippen LogP contribution in [0.4, 0.5) is 0 Å². The molecular formula is C10H22N2. The summed E-state index contributed by atoms with van der Waals surface area (Å²) in [7, 11) is 0. The van der Waals surface area contributed by atoms with E-state index in [9.17, 15) is 0 Å². The van der Waals surface area contributed by atoms with Crippen LogP contribution in [-0.2, 0) is 0 Å². The number of hydrogen-bond donors (Lipinski definition) is 1. The van der Waals surface area contributed by atoms with Gasteiger partial charge < -0.3 is 0 Å². The molecule has 0 bridgehead atoms. The second-order valence-electron chi connectivity index (χ2n) is 3.88. The van der Waals surface area contributed by atoms with E-state index in [0.29, 0.717) is 6.04 Å². The van der Waals surface area contributed by atoms with Gasteiger partial charge >= 0.3 is 0 Å². The van der Waals surface area contributed by atoms with Gasteiger partial charge in [-0.3, -0.25) is 5.84 Å². The van der Waals surface area contributed by atoms with E-state index in [4.69, 9.17) is 5.84 Å². The zero-order valence-electron chi connectivity index (χ0n) is 8.26. The predicted octanol–water partition coefficient (Wildman–Crippen LogP) is 2.29. The van der Waals surface area contributed by atoms with Crippen LogP contribution in [0.2, 0.25) is 0 Å². The lowest BCUT2D eigenvalue weighted by atomic mass is 9.95. The number of nitrogens with two attached hydrogens (primary N) is 1. The quantitative estimate of drug-likeness (QED) is 0.518. The van der Waals surface area contributed by atoms with Crippen molar-refractivity contribution in [1.29, 1.82) is 0 Å². The topological polar surface area (TPSA) is 29.3 Å². The Kier molecular flexibility index (Phi) is 4.62. The van der Waals surface area contributed by atoms with E-state index in [2.05, 4.69) is 11.9 Å². The Morgan fingerprint density at radius 3 is 2.50 bits per heavy atom. The number of hydrogen-bond acceptors (Lipinski definition) is 2. The molecule has 0 aromatic heterocycles. The Labute approximate surface area is 76.1 Å². The highest BCUT2D eigenvalue weighted by molar-refractivity contribution is 4.71. The van der Waals surface area contributed by atoms with Gasteiger partial charge in [0.05, 0.1) is 0 Å². The van der Waals surface area contributed by atoms with Crippen molar-refractivity contribution in [2.45, 2.75) is 57.9 Å². The minimum absolute atomic E-state index is 0.685. The van der Waals surface area contributed by atoms with Crippen molar-refractivity contribution < 1.29 is 0 Å². The first-order valence-corrected chi connectivity index (χ1v) is 5.36. The normalized spacial score (nSPS) is 20.2. The van der Waals surface area contributed by atoms with Gasteiger partial charge in [-0.2, -0.15) is 0 Å². The zero-order chi connectivity index (χ0) is 8.81. The Morgan fingerprint density at radius 1 is 1.25 bits per heavy atom. The van der Waals surface area contributed by atoms with Gasteiger partial charge in [-0.25, -0.2) is 5.01 Å². The SMILES string of the molecule is CCCCN(N)C1CCCCC1. The van der Waals surface area contributed by atoms with Crippen LogP contribution in [0, 0.1) is 0 Å². The van der Waals surface area contributed by atoms with Gasteiger partial charge in [0.25, 0.3) is 0 Å². The summed E-state index contributed by atoms with van der Waals surface area (Å²) < 4.78 is 0. The second kappa shape index (κ2) is 5.55. The van der Waals surface area contributed by atoms with Crippen molar-refractivity contribution >= 4 is 0 Å². The lowest BCUT2D eigenvalue weighted by Gasteiger charge is -2.30. The number of unbranched alkanes of at least 4 members (excludes halogenated alkanes) is 1. The van der Waals surface area contributed by atoms with Crippen LogP contribution in [0.15, 0.2) is 0 Å². The fourth-order valence-corrected chi connectivity index (χ4v) is 1.94. The van der Waals surface area contributed by atoms with Crippen LogP contribution >= 0.6 is 0 Å². The molecule has 2 N–H and O–H groups in total. The number of hydrazine groups is 1. The van der Waals surface area contributed by atoms with E-state index in [-0.39, 0.29) is 0 Å². The summed E-state index contributed by atoms with van der Waals surface area (Å²) in [4.78, 5) is 0. The van der Waals surface area contributed by atoms with Crippen molar-refractivity contribution in [2.24, 2.45) is 5.84 Å². The molecule has 1 aliphatic carbocycles. The predicted molar refractivity (Wildman–Crippen MR) is 52.7 cm³/mol. The van der Waals surface area contributed by atoms with Gasteiger partial charge in [-0.1, -0.05) is 32.6 Å². The van der Waals surface area contributed by atoms with E-state index in [0.717, 1.165) is 6.54 Å². The van der Waals surface area contributed by atoms with E-state index in [1.165, 1.54) is 44.9 Å². The molecule has 0 aromatic carbocycles. The zero-order valence-corrected chi connectivity index (χ0v) is 8.26. The summed E-state index contributed by atoms with van der Waals surface area (Å²) >= 11 is 0. The molecule has 12 heavy (non-hydrogen) atoms. The van der Waals surface area contributed by atoms with Crippen LogP contribution in [0.3, 0.4) is 0 Å². The van der Waals surface area contributed by atoms with Crippen molar-refractivity contribution in [1.82, 2.24) is 5.01 Å². The molecule has 0 unspecified atom stereocenters. The van der Waals surface area contributed by atoms with Crippen molar-refractivity contribution in [3.63, 3.8) is 0 Å². The molecule has 2 heteroatoms. The molecule has 0 aromatic rings. The fraction of sp³-hybridized carbons (Fsp3) is 1.00. The number of nitrogens with zero attached hydrogens (tertiary/aromatic N) is 1. The van der Waals surface area contributed by atoms with Gasteiger partial charge in [-0.15, -0.1) is 0 Å². The average Bonchev–Trinajstić information content (AvgIpc) is 2.15. The highest BCUT2D eigenvalue weighted by Gasteiger charge is 2.17. The Balaban J connectivity index is 2.15. The van der Waals surface area contributed by atoms with E-state index in [1.807, 2.05) is 0 Å². The maximum absolute atomic E-state index is 5.97. The highest BCUT2D eigenvalue weighted by Crippen LogP contribution is 2.20. The Bertz CT molecular complexity index is 108. The molecule has 1 saturated carbocycles. The first-order chi connectivity index (χ1) is 5.84. The third-order valence-electron chi connectivity index (χ3n) is 2.81. The van der Waals surface area contributed by atoms with E-state index in [1.54, 1.807) is 0 Å². The molecule has 1 aliphatic rings. The molecule has 0 aliphatic heterocycles. The standard InChI is InChI=1S/C10H22N2/c1-2-3-9-12(11)10-7-5-4-6-8-10/h10H,2-9,11H2,1H3. The number of rotatable bonds is 4. The molecule has 0 heterocycles. The third-order valence-corrected chi connectivity index (χ3v) is 2.81. The van der Waals surface area contributed by atoms with Crippen LogP contribution in [0.5, 0.6) is 0 Å².